The van der Waals surface area contributed by atoms with Crippen molar-refractivity contribution in [2.75, 3.05) is 5.73 Å². The van der Waals surface area contributed by atoms with Crippen LogP contribution in [0, 0.1) is 0 Å². The number of nitrogens with two attached hydrogens (primary N) is 1. The SMILES string of the molecule is Nc1c(S)ccc2scnc12. The van der Waals surface area contributed by atoms with Crippen molar-refractivity contribution in [2.45, 2.75) is 4.90 Å². The van der Waals surface area contributed by atoms with E-state index in [1.54, 1.807) is 16.8 Å². The lowest BCUT2D eigenvalue weighted by molar-refractivity contribution is 1.45. The van der Waals surface area contributed by atoms with Crippen LogP contribution in [0.1, 0.15) is 0 Å². The molecule has 0 fully saturated rings. The summed E-state index contributed by atoms with van der Waals surface area (Å²) in [6.07, 6.45) is 0. The number of thiol groups is 1. The topological polar surface area (TPSA) is 38.9 Å². The smallest absolute Gasteiger partial charge is 0.105 e. The molecule has 2 aromatic rings. The van der Waals surface area contributed by atoms with E-state index in [-0.39, 0.29) is 0 Å². The molecule has 4 heteroatoms. The van der Waals surface area contributed by atoms with Gasteiger partial charge in [-0.3, -0.25) is 0 Å². The summed E-state index contributed by atoms with van der Waals surface area (Å²) < 4.78 is 1.11. The molecule has 0 spiro atoms. The molecule has 0 saturated carbocycles. The van der Waals surface area contributed by atoms with Crippen LogP contribution in [-0.2, 0) is 0 Å². The van der Waals surface area contributed by atoms with E-state index in [4.69, 9.17) is 5.73 Å². The van der Waals surface area contributed by atoms with Crippen LogP contribution in [0.3, 0.4) is 0 Å². The van der Waals surface area contributed by atoms with Gasteiger partial charge in [-0.25, -0.2) is 4.98 Å². The van der Waals surface area contributed by atoms with Crippen LogP contribution in [0.25, 0.3) is 10.2 Å². The molecule has 11 heavy (non-hydrogen) atoms. The Balaban J connectivity index is 2.93. The molecule has 0 atom stereocenters. The second-order valence-corrected chi connectivity index (χ2v) is 3.57. The number of benzene rings is 1. The van der Waals surface area contributed by atoms with Crippen molar-refractivity contribution in [1.82, 2.24) is 4.98 Å². The molecular weight excluding hydrogens is 176 g/mol. The molecule has 2 rings (SSSR count). The summed E-state index contributed by atoms with van der Waals surface area (Å²) >= 11 is 5.77. The summed E-state index contributed by atoms with van der Waals surface area (Å²) in [7, 11) is 0. The van der Waals surface area contributed by atoms with Gasteiger partial charge in [0.1, 0.15) is 5.52 Å². The molecule has 0 unspecified atom stereocenters. The number of nitrogens with zero attached hydrogens (tertiary/aromatic N) is 1. The Hall–Kier alpha value is -0.740. The maximum Gasteiger partial charge on any atom is 0.105 e. The molecule has 0 aliphatic carbocycles. The molecule has 1 heterocycles. The summed E-state index contributed by atoms with van der Waals surface area (Å²) in [6.45, 7) is 0. The standard InChI is InChI=1S/C7H6N2S2/c8-6-4(10)1-2-5-7(6)9-3-11-5/h1-3,10H,8H2. The number of hydrogen-bond donors (Lipinski definition) is 2. The van der Waals surface area contributed by atoms with E-state index in [0.717, 1.165) is 15.1 Å². The first kappa shape index (κ1) is 6.94. The Labute approximate surface area is 73.5 Å². The highest BCUT2D eigenvalue weighted by Gasteiger charge is 2.02. The van der Waals surface area contributed by atoms with Gasteiger partial charge in [0, 0.05) is 4.90 Å². The van der Waals surface area contributed by atoms with E-state index in [1.165, 1.54) is 0 Å². The molecule has 0 aliphatic heterocycles. The van der Waals surface area contributed by atoms with Crippen molar-refractivity contribution in [3.05, 3.63) is 17.6 Å². The fourth-order valence-corrected chi connectivity index (χ4v) is 1.81. The van der Waals surface area contributed by atoms with E-state index < -0.39 is 0 Å². The van der Waals surface area contributed by atoms with Gasteiger partial charge in [-0.15, -0.1) is 24.0 Å². The molecule has 0 radical (unpaired) electrons. The maximum absolute atomic E-state index is 5.73. The van der Waals surface area contributed by atoms with Crippen molar-refractivity contribution in [1.29, 1.82) is 0 Å². The Morgan fingerprint density at radius 3 is 3.09 bits per heavy atom. The number of thiazole rings is 1. The van der Waals surface area contributed by atoms with Crippen LogP contribution in [0.4, 0.5) is 5.69 Å². The van der Waals surface area contributed by atoms with Crippen molar-refractivity contribution in [2.24, 2.45) is 0 Å². The summed E-state index contributed by atoms with van der Waals surface area (Å²) in [4.78, 5) is 4.92. The van der Waals surface area contributed by atoms with Gasteiger partial charge in [-0.05, 0) is 12.1 Å². The molecular formula is C7H6N2S2. The Bertz CT molecular complexity index is 394. The first-order valence-corrected chi connectivity index (χ1v) is 4.42. The van der Waals surface area contributed by atoms with Gasteiger partial charge in [-0.1, -0.05) is 0 Å². The minimum Gasteiger partial charge on any atom is -0.396 e. The first-order chi connectivity index (χ1) is 5.29. The van der Waals surface area contributed by atoms with Crippen molar-refractivity contribution < 1.29 is 0 Å². The average molecular weight is 182 g/mol. The maximum atomic E-state index is 5.73. The predicted molar refractivity (Wildman–Crippen MR) is 51.3 cm³/mol. The van der Waals surface area contributed by atoms with Gasteiger partial charge in [0.15, 0.2) is 0 Å². The quantitative estimate of drug-likeness (QED) is 0.484. The molecule has 2 nitrogen and oxygen atoms in total. The van der Waals surface area contributed by atoms with Crippen molar-refractivity contribution in [3.63, 3.8) is 0 Å². The van der Waals surface area contributed by atoms with Crippen LogP contribution in [0.5, 0.6) is 0 Å². The summed E-state index contributed by atoms with van der Waals surface area (Å²) in [5.74, 6) is 0. The summed E-state index contributed by atoms with van der Waals surface area (Å²) in [5.41, 5.74) is 9.05. The lowest BCUT2D eigenvalue weighted by atomic mass is 10.3. The minimum atomic E-state index is 0.673. The first-order valence-electron chi connectivity index (χ1n) is 3.09. The number of aromatic nitrogens is 1. The second kappa shape index (κ2) is 2.39. The largest absolute Gasteiger partial charge is 0.396 e. The van der Waals surface area contributed by atoms with Crippen LogP contribution in [-0.4, -0.2) is 4.98 Å². The second-order valence-electron chi connectivity index (χ2n) is 2.20. The zero-order valence-corrected chi connectivity index (χ0v) is 7.32. The van der Waals surface area contributed by atoms with Gasteiger partial charge < -0.3 is 5.73 Å². The van der Waals surface area contributed by atoms with Crippen LogP contribution in [0.15, 0.2) is 22.5 Å². The molecule has 0 aliphatic rings. The van der Waals surface area contributed by atoms with E-state index >= 15 is 0 Å². The Morgan fingerprint density at radius 2 is 2.27 bits per heavy atom. The van der Waals surface area contributed by atoms with Gasteiger partial charge in [0.2, 0.25) is 0 Å². The molecule has 56 valence electrons. The third-order valence-electron chi connectivity index (χ3n) is 1.52. The zero-order valence-electron chi connectivity index (χ0n) is 5.61. The highest BCUT2D eigenvalue weighted by atomic mass is 32.1. The van der Waals surface area contributed by atoms with Gasteiger partial charge in [0.25, 0.3) is 0 Å². The van der Waals surface area contributed by atoms with Gasteiger partial charge in [0.05, 0.1) is 15.9 Å². The van der Waals surface area contributed by atoms with E-state index in [0.29, 0.717) is 5.69 Å². The molecule has 1 aromatic heterocycles. The minimum absolute atomic E-state index is 0.673. The predicted octanol–water partition coefficient (Wildman–Crippen LogP) is 2.17. The number of nitrogen functional groups attached to an aromatic ring is 1. The highest BCUT2D eigenvalue weighted by Crippen LogP contribution is 2.28. The Kier molecular flexibility index (Phi) is 1.51. The number of rotatable bonds is 0. The number of anilines is 1. The van der Waals surface area contributed by atoms with E-state index in [2.05, 4.69) is 17.6 Å². The number of fused-ring (bicyclic) bond motifs is 1. The zero-order chi connectivity index (χ0) is 7.84. The van der Waals surface area contributed by atoms with Crippen LogP contribution < -0.4 is 5.73 Å². The van der Waals surface area contributed by atoms with E-state index in [1.807, 2.05) is 12.1 Å². The van der Waals surface area contributed by atoms with Crippen molar-refractivity contribution in [3.8, 4) is 0 Å². The van der Waals surface area contributed by atoms with Crippen LogP contribution >= 0.6 is 24.0 Å². The molecule has 0 saturated heterocycles. The van der Waals surface area contributed by atoms with Crippen molar-refractivity contribution >= 4 is 39.9 Å². The number of hydrogen-bond acceptors (Lipinski definition) is 4. The molecule has 0 bridgehead atoms. The van der Waals surface area contributed by atoms with Gasteiger partial charge in [-0.2, -0.15) is 0 Å². The third-order valence-corrected chi connectivity index (χ3v) is 2.70. The monoisotopic (exact) mass is 182 g/mol. The lowest BCUT2D eigenvalue weighted by Gasteiger charge is -1.97. The normalized spacial score (nSPS) is 10.6. The summed E-state index contributed by atoms with van der Waals surface area (Å²) in [5, 5.41) is 0. The molecule has 0 amide bonds. The molecule has 2 N–H and O–H groups in total. The fourth-order valence-electron chi connectivity index (χ4n) is 0.941. The summed E-state index contributed by atoms with van der Waals surface area (Å²) in [6, 6.07) is 3.87. The fraction of sp³-hybridized carbons (Fsp3) is 0. The Morgan fingerprint density at radius 1 is 1.45 bits per heavy atom. The average Bonchev–Trinajstić information content (AvgIpc) is 2.45. The van der Waals surface area contributed by atoms with Gasteiger partial charge >= 0.3 is 0 Å². The highest BCUT2D eigenvalue weighted by molar-refractivity contribution is 7.80. The third kappa shape index (κ3) is 0.985. The molecule has 1 aromatic carbocycles. The van der Waals surface area contributed by atoms with E-state index in [9.17, 15) is 0 Å². The van der Waals surface area contributed by atoms with Crippen LogP contribution in [0.2, 0.25) is 0 Å². The lowest BCUT2D eigenvalue weighted by Crippen LogP contribution is -1.87.